The number of hydrogen-bond acceptors (Lipinski definition) is 3. The van der Waals surface area contributed by atoms with Gasteiger partial charge < -0.3 is 15.2 Å². The molecule has 1 aromatic heterocycles. The number of imidazole rings is 1. The molecule has 0 spiro atoms. The number of hydrogen-bond donors (Lipinski definition) is 1. The van der Waals surface area contributed by atoms with E-state index in [0.29, 0.717) is 6.04 Å². The summed E-state index contributed by atoms with van der Waals surface area (Å²) in [7, 11) is 0. The molecule has 20 heavy (non-hydrogen) atoms. The van der Waals surface area contributed by atoms with Gasteiger partial charge in [-0.25, -0.2) is 4.98 Å². The summed E-state index contributed by atoms with van der Waals surface area (Å²) < 4.78 is 2.24. The fourth-order valence-corrected chi connectivity index (χ4v) is 3.00. The summed E-state index contributed by atoms with van der Waals surface area (Å²) in [5, 5.41) is 0. The molecule has 1 aromatic carbocycles. The van der Waals surface area contributed by atoms with Crippen LogP contribution in [0.1, 0.15) is 37.7 Å². The van der Waals surface area contributed by atoms with Gasteiger partial charge in [0, 0.05) is 36.4 Å². The third kappa shape index (κ3) is 2.26. The van der Waals surface area contributed by atoms with Gasteiger partial charge >= 0.3 is 0 Å². The molecule has 0 bridgehead atoms. The Hall–Kier alpha value is -1.97. The van der Waals surface area contributed by atoms with Crippen LogP contribution >= 0.6 is 0 Å². The molecule has 0 radical (unpaired) electrons. The second-order valence-electron chi connectivity index (χ2n) is 5.71. The van der Waals surface area contributed by atoms with Crippen LogP contribution in [0.3, 0.4) is 0 Å². The van der Waals surface area contributed by atoms with Crippen molar-refractivity contribution >= 4 is 11.4 Å². The van der Waals surface area contributed by atoms with E-state index >= 15 is 0 Å². The summed E-state index contributed by atoms with van der Waals surface area (Å²) in [6.45, 7) is 6.30. The van der Waals surface area contributed by atoms with Crippen LogP contribution < -0.4 is 10.6 Å². The first-order chi connectivity index (χ1) is 9.66. The number of nitrogens with two attached hydrogens (primary N) is 1. The van der Waals surface area contributed by atoms with E-state index in [-0.39, 0.29) is 0 Å². The van der Waals surface area contributed by atoms with Crippen LogP contribution in [-0.4, -0.2) is 16.1 Å². The SMILES string of the molecule is CC(C)n1ccnc1CN1CCCc2c(N)cccc21. The van der Waals surface area contributed by atoms with E-state index in [0.717, 1.165) is 37.4 Å². The average Bonchev–Trinajstić information content (AvgIpc) is 2.88. The van der Waals surface area contributed by atoms with Gasteiger partial charge in [0.05, 0.1) is 6.54 Å². The average molecular weight is 270 g/mol. The fourth-order valence-electron chi connectivity index (χ4n) is 3.00. The van der Waals surface area contributed by atoms with Gasteiger partial charge in [-0.1, -0.05) is 6.07 Å². The maximum Gasteiger partial charge on any atom is 0.128 e. The molecule has 1 aliphatic rings. The maximum atomic E-state index is 6.11. The zero-order valence-corrected chi connectivity index (χ0v) is 12.2. The molecule has 0 aliphatic carbocycles. The number of rotatable bonds is 3. The second kappa shape index (κ2) is 5.19. The minimum absolute atomic E-state index is 0.442. The van der Waals surface area contributed by atoms with Gasteiger partial charge in [-0.2, -0.15) is 0 Å². The highest BCUT2D eigenvalue weighted by Gasteiger charge is 2.20. The highest BCUT2D eigenvalue weighted by molar-refractivity contribution is 5.66. The van der Waals surface area contributed by atoms with E-state index in [4.69, 9.17) is 5.73 Å². The lowest BCUT2D eigenvalue weighted by atomic mass is 10.00. The summed E-state index contributed by atoms with van der Waals surface area (Å²) in [6.07, 6.45) is 6.19. The van der Waals surface area contributed by atoms with Crippen molar-refractivity contribution in [3.05, 3.63) is 42.0 Å². The normalized spacial score (nSPS) is 14.7. The minimum atomic E-state index is 0.442. The van der Waals surface area contributed by atoms with Gasteiger partial charge in [-0.3, -0.25) is 0 Å². The summed E-state index contributed by atoms with van der Waals surface area (Å²) in [5.41, 5.74) is 9.59. The van der Waals surface area contributed by atoms with Crippen LogP contribution in [0.5, 0.6) is 0 Å². The van der Waals surface area contributed by atoms with Gasteiger partial charge in [-0.05, 0) is 44.4 Å². The van der Waals surface area contributed by atoms with E-state index in [9.17, 15) is 0 Å². The Kier molecular flexibility index (Phi) is 3.38. The Labute approximate surface area is 120 Å². The molecule has 1 aliphatic heterocycles. The molecule has 2 aromatic rings. The van der Waals surface area contributed by atoms with Crippen molar-refractivity contribution in [3.63, 3.8) is 0 Å². The largest absolute Gasteiger partial charge is 0.398 e. The molecule has 106 valence electrons. The number of anilines is 2. The number of nitrogen functional groups attached to an aromatic ring is 1. The van der Waals surface area contributed by atoms with Gasteiger partial charge in [0.15, 0.2) is 0 Å². The Morgan fingerprint density at radius 2 is 2.20 bits per heavy atom. The molecule has 4 nitrogen and oxygen atoms in total. The molecule has 0 saturated carbocycles. The first-order valence-corrected chi connectivity index (χ1v) is 7.31. The quantitative estimate of drug-likeness (QED) is 0.872. The van der Waals surface area contributed by atoms with Crippen molar-refractivity contribution in [3.8, 4) is 0 Å². The maximum absolute atomic E-state index is 6.11. The molecular formula is C16H22N4. The Morgan fingerprint density at radius 1 is 1.35 bits per heavy atom. The molecule has 0 amide bonds. The molecule has 4 heteroatoms. The van der Waals surface area contributed by atoms with Crippen LogP contribution in [0, 0.1) is 0 Å². The minimum Gasteiger partial charge on any atom is -0.398 e. The van der Waals surface area contributed by atoms with E-state index in [1.54, 1.807) is 0 Å². The van der Waals surface area contributed by atoms with Crippen molar-refractivity contribution < 1.29 is 0 Å². The Bertz CT molecular complexity index is 600. The van der Waals surface area contributed by atoms with Gasteiger partial charge in [-0.15, -0.1) is 0 Å². The van der Waals surface area contributed by atoms with Crippen molar-refractivity contribution in [1.82, 2.24) is 9.55 Å². The Morgan fingerprint density at radius 3 is 3.00 bits per heavy atom. The predicted molar refractivity (Wildman–Crippen MR) is 82.8 cm³/mol. The Balaban J connectivity index is 1.90. The molecule has 2 N–H and O–H groups in total. The smallest absolute Gasteiger partial charge is 0.128 e. The van der Waals surface area contributed by atoms with Crippen molar-refractivity contribution in [2.24, 2.45) is 0 Å². The first-order valence-electron chi connectivity index (χ1n) is 7.31. The third-order valence-corrected chi connectivity index (χ3v) is 4.02. The highest BCUT2D eigenvalue weighted by Crippen LogP contribution is 2.32. The van der Waals surface area contributed by atoms with Crippen LogP contribution in [0.25, 0.3) is 0 Å². The summed E-state index contributed by atoms with van der Waals surface area (Å²) in [5.74, 6) is 1.12. The molecule has 3 rings (SSSR count). The van der Waals surface area contributed by atoms with E-state index < -0.39 is 0 Å². The zero-order chi connectivity index (χ0) is 14.1. The monoisotopic (exact) mass is 270 g/mol. The molecular weight excluding hydrogens is 248 g/mol. The predicted octanol–water partition coefficient (Wildman–Crippen LogP) is 3.00. The topological polar surface area (TPSA) is 47.1 Å². The lowest BCUT2D eigenvalue weighted by molar-refractivity contribution is 0.554. The molecule has 0 fully saturated rings. The van der Waals surface area contributed by atoms with Crippen LogP contribution in [-0.2, 0) is 13.0 Å². The van der Waals surface area contributed by atoms with E-state index in [1.807, 2.05) is 18.3 Å². The molecule has 0 atom stereocenters. The zero-order valence-electron chi connectivity index (χ0n) is 12.2. The van der Waals surface area contributed by atoms with Crippen LogP contribution in [0.2, 0.25) is 0 Å². The van der Waals surface area contributed by atoms with Gasteiger partial charge in [0.25, 0.3) is 0 Å². The summed E-state index contributed by atoms with van der Waals surface area (Å²) in [6, 6.07) is 6.66. The first kappa shape index (κ1) is 13.0. The lowest BCUT2D eigenvalue weighted by Crippen LogP contribution is -2.30. The van der Waals surface area contributed by atoms with Crippen molar-refractivity contribution in [2.45, 2.75) is 39.3 Å². The van der Waals surface area contributed by atoms with E-state index in [1.165, 1.54) is 11.3 Å². The second-order valence-corrected chi connectivity index (χ2v) is 5.71. The highest BCUT2D eigenvalue weighted by atomic mass is 15.2. The lowest BCUT2D eigenvalue weighted by Gasteiger charge is -2.32. The number of fused-ring (bicyclic) bond motifs is 1. The number of aromatic nitrogens is 2. The summed E-state index contributed by atoms with van der Waals surface area (Å²) >= 11 is 0. The van der Waals surface area contributed by atoms with E-state index in [2.05, 4.69) is 40.6 Å². The van der Waals surface area contributed by atoms with Crippen LogP contribution in [0.4, 0.5) is 11.4 Å². The van der Waals surface area contributed by atoms with Crippen LogP contribution in [0.15, 0.2) is 30.6 Å². The van der Waals surface area contributed by atoms with Gasteiger partial charge in [0.2, 0.25) is 0 Å². The third-order valence-electron chi connectivity index (χ3n) is 4.02. The van der Waals surface area contributed by atoms with Crippen molar-refractivity contribution in [2.75, 3.05) is 17.2 Å². The standard InChI is InChI=1S/C16H22N4/c1-12(2)20-10-8-18-16(20)11-19-9-4-5-13-14(17)6-3-7-15(13)19/h3,6-8,10,12H,4-5,9,11,17H2,1-2H3. The fraction of sp³-hybridized carbons (Fsp3) is 0.438. The molecule has 2 heterocycles. The molecule has 0 saturated heterocycles. The number of nitrogens with zero attached hydrogens (tertiary/aromatic N) is 3. The summed E-state index contributed by atoms with van der Waals surface area (Å²) in [4.78, 5) is 6.92. The number of benzene rings is 1. The molecule has 0 unspecified atom stereocenters. The van der Waals surface area contributed by atoms with Crippen molar-refractivity contribution in [1.29, 1.82) is 0 Å². The van der Waals surface area contributed by atoms with Gasteiger partial charge in [0.1, 0.15) is 5.82 Å².